The lowest BCUT2D eigenvalue weighted by Crippen LogP contribution is -2.25. The molecule has 2 N–H and O–H groups in total. The highest BCUT2D eigenvalue weighted by Gasteiger charge is 2.05. The maximum Gasteiger partial charge on any atom is 0.0843 e. The lowest BCUT2D eigenvalue weighted by atomic mass is 10.2. The van der Waals surface area contributed by atoms with Crippen LogP contribution in [0.4, 0.5) is 0 Å². The summed E-state index contributed by atoms with van der Waals surface area (Å²) in [7, 11) is 0. The van der Waals surface area contributed by atoms with E-state index in [2.05, 4.69) is 50.2 Å². The molecular weight excluding hydrogens is 342 g/mol. The Hall–Kier alpha value is 0.580. The third-order valence-electron chi connectivity index (χ3n) is 2.12. The molecule has 0 aliphatic heterocycles. The first-order valence-corrected chi connectivity index (χ1v) is 7.31. The summed E-state index contributed by atoms with van der Waals surface area (Å²) in [4.78, 5) is 1.31. The normalized spacial score (nSPS) is 13.1. The highest BCUT2D eigenvalue weighted by molar-refractivity contribution is 9.13. The molecule has 0 bridgehead atoms. The molecule has 0 radical (unpaired) electrons. The number of rotatable bonds is 6. The summed E-state index contributed by atoms with van der Waals surface area (Å²) < 4.78 is 2.26. The first kappa shape index (κ1) is 13.6. The predicted octanol–water partition coefficient (Wildman–Crippen LogP) is 3.52. The van der Waals surface area contributed by atoms with E-state index in [4.69, 9.17) is 5.11 Å². The fraction of sp³-hybridized carbons (Fsp3) is 0.600. The van der Waals surface area contributed by atoms with Gasteiger partial charge in [0.1, 0.15) is 0 Å². The molecule has 2 nitrogen and oxygen atoms in total. The van der Waals surface area contributed by atoms with E-state index in [1.165, 1.54) is 4.88 Å². The van der Waals surface area contributed by atoms with Crippen LogP contribution in [0.15, 0.2) is 14.3 Å². The van der Waals surface area contributed by atoms with Gasteiger partial charge in [-0.2, -0.15) is 0 Å². The highest BCUT2D eigenvalue weighted by atomic mass is 79.9. The number of aliphatic hydroxyl groups is 1. The molecule has 86 valence electrons. The minimum atomic E-state index is 0.280. The van der Waals surface area contributed by atoms with E-state index in [9.17, 15) is 0 Å². The molecule has 1 aromatic rings. The minimum Gasteiger partial charge on any atom is -0.396 e. The van der Waals surface area contributed by atoms with Crippen LogP contribution in [-0.2, 0) is 6.54 Å². The molecule has 5 heteroatoms. The molecule has 1 aromatic heterocycles. The third kappa shape index (κ3) is 4.95. The zero-order valence-corrected chi connectivity index (χ0v) is 12.6. The number of halogens is 2. The van der Waals surface area contributed by atoms with E-state index in [-0.39, 0.29) is 6.61 Å². The van der Waals surface area contributed by atoms with Gasteiger partial charge < -0.3 is 10.4 Å². The van der Waals surface area contributed by atoms with E-state index in [1.807, 2.05) is 0 Å². The Morgan fingerprint density at radius 1 is 1.53 bits per heavy atom. The highest BCUT2D eigenvalue weighted by Crippen LogP contribution is 2.32. The molecule has 1 unspecified atom stereocenters. The molecule has 0 spiro atoms. The van der Waals surface area contributed by atoms with E-state index in [0.717, 1.165) is 27.6 Å². The van der Waals surface area contributed by atoms with Crippen molar-refractivity contribution in [3.63, 3.8) is 0 Å². The monoisotopic (exact) mass is 355 g/mol. The standard InChI is InChI=1S/C10H15Br2NOS/c1-7(3-2-4-14)13-6-8-5-9(11)10(12)15-8/h5,7,13-14H,2-4,6H2,1H3. The van der Waals surface area contributed by atoms with Gasteiger partial charge in [-0.15, -0.1) is 11.3 Å². The zero-order chi connectivity index (χ0) is 11.3. The van der Waals surface area contributed by atoms with Crippen molar-refractivity contribution < 1.29 is 5.11 Å². The molecule has 15 heavy (non-hydrogen) atoms. The fourth-order valence-corrected chi connectivity index (χ4v) is 3.38. The van der Waals surface area contributed by atoms with Crippen molar-refractivity contribution in [2.75, 3.05) is 6.61 Å². The lowest BCUT2D eigenvalue weighted by Gasteiger charge is -2.11. The summed E-state index contributed by atoms with van der Waals surface area (Å²) in [5.41, 5.74) is 0. The predicted molar refractivity (Wildman–Crippen MR) is 72.3 cm³/mol. The van der Waals surface area contributed by atoms with Gasteiger partial charge in [-0.1, -0.05) is 0 Å². The van der Waals surface area contributed by atoms with Crippen LogP contribution in [0, 0.1) is 0 Å². The maximum absolute atomic E-state index is 8.70. The molecular formula is C10H15Br2NOS. The summed E-state index contributed by atoms with van der Waals surface area (Å²) in [5, 5.41) is 12.1. The van der Waals surface area contributed by atoms with Crippen LogP contribution in [-0.4, -0.2) is 17.8 Å². The maximum atomic E-state index is 8.70. The van der Waals surface area contributed by atoms with Crippen molar-refractivity contribution in [2.45, 2.75) is 32.4 Å². The third-order valence-corrected chi connectivity index (χ3v) is 5.37. The van der Waals surface area contributed by atoms with Crippen LogP contribution in [0.5, 0.6) is 0 Å². The molecule has 0 aromatic carbocycles. The quantitative estimate of drug-likeness (QED) is 0.817. The Bertz CT molecular complexity index is 284. The lowest BCUT2D eigenvalue weighted by molar-refractivity contribution is 0.276. The summed E-state index contributed by atoms with van der Waals surface area (Å²) in [6.45, 7) is 3.32. The summed E-state index contributed by atoms with van der Waals surface area (Å²) in [6, 6.07) is 2.58. The van der Waals surface area contributed by atoms with Crippen molar-refractivity contribution in [1.29, 1.82) is 0 Å². The second kappa shape index (κ2) is 7.01. The summed E-state index contributed by atoms with van der Waals surface area (Å²) in [6.07, 6.45) is 1.89. The largest absolute Gasteiger partial charge is 0.396 e. The number of nitrogens with one attached hydrogen (secondary N) is 1. The van der Waals surface area contributed by atoms with E-state index in [0.29, 0.717) is 6.04 Å². The Morgan fingerprint density at radius 2 is 2.27 bits per heavy atom. The van der Waals surface area contributed by atoms with Crippen molar-refractivity contribution >= 4 is 43.2 Å². The van der Waals surface area contributed by atoms with Gasteiger partial charge in [-0.05, 0) is 57.7 Å². The molecule has 0 fully saturated rings. The van der Waals surface area contributed by atoms with Crippen LogP contribution in [0.3, 0.4) is 0 Å². The van der Waals surface area contributed by atoms with Gasteiger partial charge in [-0.25, -0.2) is 0 Å². The first-order chi connectivity index (χ1) is 7.13. The van der Waals surface area contributed by atoms with Crippen LogP contribution in [0.25, 0.3) is 0 Å². The number of hydrogen-bond acceptors (Lipinski definition) is 3. The smallest absolute Gasteiger partial charge is 0.0843 e. The van der Waals surface area contributed by atoms with Crippen LogP contribution in [0.2, 0.25) is 0 Å². The van der Waals surface area contributed by atoms with Crippen LogP contribution >= 0.6 is 43.2 Å². The van der Waals surface area contributed by atoms with Gasteiger partial charge in [-0.3, -0.25) is 0 Å². The van der Waals surface area contributed by atoms with Gasteiger partial charge in [0.15, 0.2) is 0 Å². The first-order valence-electron chi connectivity index (χ1n) is 4.91. The van der Waals surface area contributed by atoms with Crippen LogP contribution < -0.4 is 5.32 Å². The number of hydrogen-bond donors (Lipinski definition) is 2. The number of thiophene rings is 1. The Balaban J connectivity index is 2.30. The molecule has 0 aliphatic rings. The molecule has 1 heterocycles. The zero-order valence-electron chi connectivity index (χ0n) is 8.59. The molecule has 0 aliphatic carbocycles. The summed E-state index contributed by atoms with van der Waals surface area (Å²) >= 11 is 8.68. The number of aliphatic hydroxyl groups excluding tert-OH is 1. The van der Waals surface area contributed by atoms with Gasteiger partial charge >= 0.3 is 0 Å². The average Bonchev–Trinajstić information content (AvgIpc) is 2.52. The van der Waals surface area contributed by atoms with Crippen LogP contribution in [0.1, 0.15) is 24.6 Å². The second-order valence-electron chi connectivity index (χ2n) is 3.48. The van der Waals surface area contributed by atoms with Gasteiger partial charge in [0.05, 0.1) is 3.79 Å². The average molecular weight is 357 g/mol. The molecule has 0 amide bonds. The van der Waals surface area contributed by atoms with Gasteiger partial charge in [0, 0.05) is 28.5 Å². The van der Waals surface area contributed by atoms with Gasteiger partial charge in [0.2, 0.25) is 0 Å². The molecule has 0 saturated heterocycles. The Kier molecular flexibility index (Phi) is 6.38. The Morgan fingerprint density at radius 3 is 2.80 bits per heavy atom. The van der Waals surface area contributed by atoms with Crippen molar-refractivity contribution in [2.24, 2.45) is 0 Å². The van der Waals surface area contributed by atoms with Gasteiger partial charge in [0.25, 0.3) is 0 Å². The second-order valence-corrected chi connectivity index (χ2v) is 6.79. The van der Waals surface area contributed by atoms with E-state index in [1.54, 1.807) is 11.3 Å². The SMILES string of the molecule is CC(CCCO)NCc1cc(Br)c(Br)s1. The van der Waals surface area contributed by atoms with E-state index < -0.39 is 0 Å². The fourth-order valence-electron chi connectivity index (χ4n) is 1.25. The summed E-state index contributed by atoms with van der Waals surface area (Å²) in [5.74, 6) is 0. The topological polar surface area (TPSA) is 32.3 Å². The van der Waals surface area contributed by atoms with E-state index >= 15 is 0 Å². The van der Waals surface area contributed by atoms with Crippen molar-refractivity contribution in [3.05, 3.63) is 19.2 Å². The van der Waals surface area contributed by atoms with Crippen molar-refractivity contribution in [3.8, 4) is 0 Å². The minimum absolute atomic E-state index is 0.280. The molecule has 1 atom stereocenters. The van der Waals surface area contributed by atoms with Crippen molar-refractivity contribution in [1.82, 2.24) is 5.32 Å². The molecule has 0 saturated carbocycles. The Labute approximate surface area is 111 Å². The molecule has 1 rings (SSSR count).